The Morgan fingerprint density at radius 1 is 0.963 bits per heavy atom. The number of alkyl carbamates (subject to hydrolysis) is 1. The van der Waals surface area contributed by atoms with Crippen molar-refractivity contribution < 1.29 is 14.0 Å². The zero-order valence-corrected chi connectivity index (χ0v) is 18.2. The highest BCUT2D eigenvalue weighted by atomic mass is 28.2. The van der Waals surface area contributed by atoms with Crippen LogP contribution in [0.5, 0.6) is 0 Å². The van der Waals surface area contributed by atoms with Crippen LogP contribution in [0.3, 0.4) is 0 Å². The largest absolute Gasteiger partial charge is 0.441 e. The summed E-state index contributed by atoms with van der Waals surface area (Å²) in [4.78, 5) is 12.2. The van der Waals surface area contributed by atoms with Crippen LogP contribution in [0.15, 0.2) is 60.7 Å². The number of amides is 1. The minimum Gasteiger partial charge on any atom is -0.441 e. The van der Waals surface area contributed by atoms with Gasteiger partial charge in [0.2, 0.25) is 0 Å². The van der Waals surface area contributed by atoms with Gasteiger partial charge >= 0.3 is 6.09 Å². The van der Waals surface area contributed by atoms with E-state index in [0.29, 0.717) is 0 Å². The first-order valence-corrected chi connectivity index (χ1v) is 10.7. The molecule has 0 spiro atoms. The molecule has 0 unspecified atom stereocenters. The molecule has 0 saturated carbocycles. The molecule has 144 valence electrons. The van der Waals surface area contributed by atoms with Crippen molar-refractivity contribution in [3.05, 3.63) is 71.8 Å². The van der Waals surface area contributed by atoms with Crippen molar-refractivity contribution in [1.29, 1.82) is 0 Å². The molecule has 0 aliphatic carbocycles. The SMILES string of the molecule is CC(C)(C)[SiH2]OC(c1ccccc1)(c1ccccc1)[C@H]1NC(=O)OC1(C)C. The zero-order valence-electron chi connectivity index (χ0n) is 16.8. The Hall–Kier alpha value is -2.11. The Morgan fingerprint density at radius 3 is 1.81 bits per heavy atom. The molecular weight excluding hydrogens is 354 g/mol. The van der Waals surface area contributed by atoms with E-state index in [1.54, 1.807) is 0 Å². The molecule has 1 amide bonds. The van der Waals surface area contributed by atoms with Crippen LogP contribution >= 0.6 is 0 Å². The number of carbonyl (C=O) groups is 1. The average Bonchev–Trinajstić information content (AvgIpc) is 2.89. The molecule has 1 aliphatic rings. The highest BCUT2D eigenvalue weighted by Gasteiger charge is 2.56. The molecule has 2 aromatic rings. The van der Waals surface area contributed by atoms with Crippen molar-refractivity contribution in [1.82, 2.24) is 5.32 Å². The van der Waals surface area contributed by atoms with Crippen LogP contribution in [0.1, 0.15) is 45.7 Å². The molecule has 0 bridgehead atoms. The van der Waals surface area contributed by atoms with Crippen molar-refractivity contribution in [3.8, 4) is 0 Å². The lowest BCUT2D eigenvalue weighted by Gasteiger charge is -2.45. The molecule has 3 rings (SSSR count). The van der Waals surface area contributed by atoms with E-state index in [-0.39, 0.29) is 11.1 Å². The Morgan fingerprint density at radius 2 is 1.44 bits per heavy atom. The predicted octanol–water partition coefficient (Wildman–Crippen LogP) is 4.14. The standard InChI is InChI=1S/C22H29NO3Si/c1-20(2,3)27-26-22(16-12-8-6-9-13-16,17-14-10-7-11-15-17)18-21(4,5)25-19(24)23-18/h6-15,18H,27H2,1-5H3,(H,23,24)/t18-/m0/s1. The first kappa shape index (κ1) is 19.6. The highest BCUT2D eigenvalue weighted by Crippen LogP contribution is 2.45. The number of nitrogens with one attached hydrogen (secondary N) is 1. The van der Waals surface area contributed by atoms with Gasteiger partial charge in [-0.2, -0.15) is 0 Å². The molecule has 0 aromatic heterocycles. The second-order valence-corrected chi connectivity index (χ2v) is 11.6. The molecule has 2 aromatic carbocycles. The third-order valence-corrected chi connectivity index (χ3v) is 6.32. The van der Waals surface area contributed by atoms with E-state index in [1.807, 2.05) is 50.2 Å². The second-order valence-electron chi connectivity index (χ2n) is 8.89. The summed E-state index contributed by atoms with van der Waals surface area (Å²) < 4.78 is 12.5. The van der Waals surface area contributed by atoms with Crippen LogP contribution in [-0.2, 0) is 14.8 Å². The Kier molecular flexibility index (Phi) is 5.19. The van der Waals surface area contributed by atoms with E-state index in [1.165, 1.54) is 0 Å². The number of ether oxygens (including phenoxy) is 1. The summed E-state index contributed by atoms with van der Waals surface area (Å²) >= 11 is 0. The number of cyclic esters (lactones) is 1. The lowest BCUT2D eigenvalue weighted by molar-refractivity contribution is -0.00952. The van der Waals surface area contributed by atoms with Gasteiger partial charge in [-0.25, -0.2) is 4.79 Å². The predicted molar refractivity (Wildman–Crippen MR) is 110 cm³/mol. The van der Waals surface area contributed by atoms with Gasteiger partial charge < -0.3 is 14.5 Å². The van der Waals surface area contributed by atoms with Crippen LogP contribution in [0.4, 0.5) is 4.79 Å². The number of carbonyl (C=O) groups excluding carboxylic acids is 1. The van der Waals surface area contributed by atoms with Gasteiger partial charge in [-0.05, 0) is 30.0 Å². The van der Waals surface area contributed by atoms with Gasteiger partial charge in [-0.3, -0.25) is 0 Å². The summed E-state index contributed by atoms with van der Waals surface area (Å²) in [5.74, 6) is 0. The normalized spacial score (nSPS) is 19.9. The van der Waals surface area contributed by atoms with Gasteiger partial charge in [0, 0.05) is 0 Å². The minimum absolute atomic E-state index is 0.0996. The average molecular weight is 384 g/mol. The smallest absolute Gasteiger partial charge is 0.408 e. The summed E-state index contributed by atoms with van der Waals surface area (Å²) in [6, 6.07) is 20.0. The van der Waals surface area contributed by atoms with Crippen LogP contribution in [0, 0.1) is 0 Å². The van der Waals surface area contributed by atoms with Crippen LogP contribution in [0.2, 0.25) is 5.04 Å². The first-order chi connectivity index (χ1) is 12.7. The van der Waals surface area contributed by atoms with Crippen LogP contribution < -0.4 is 5.32 Å². The number of hydrogen-bond acceptors (Lipinski definition) is 3. The summed E-state index contributed by atoms with van der Waals surface area (Å²) in [7, 11) is -0.948. The summed E-state index contributed by atoms with van der Waals surface area (Å²) in [5.41, 5.74) is 0.529. The molecule has 1 N–H and O–H groups in total. The highest BCUT2D eigenvalue weighted by molar-refractivity contribution is 6.32. The van der Waals surface area contributed by atoms with Gasteiger partial charge in [-0.15, -0.1) is 0 Å². The van der Waals surface area contributed by atoms with E-state index in [0.717, 1.165) is 11.1 Å². The van der Waals surface area contributed by atoms with Crippen molar-refractivity contribution in [2.75, 3.05) is 0 Å². The fourth-order valence-electron chi connectivity index (χ4n) is 3.66. The summed E-state index contributed by atoms with van der Waals surface area (Å²) in [5, 5.41) is 3.15. The van der Waals surface area contributed by atoms with Gasteiger partial charge in [-0.1, -0.05) is 81.4 Å². The summed E-state index contributed by atoms with van der Waals surface area (Å²) in [6.07, 6.45) is -0.401. The number of benzene rings is 2. The minimum atomic E-state index is -0.948. The Bertz CT molecular complexity index is 745. The lowest BCUT2D eigenvalue weighted by atomic mass is 9.74. The molecule has 1 aliphatic heterocycles. The van der Waals surface area contributed by atoms with Gasteiger partial charge in [0.25, 0.3) is 0 Å². The van der Waals surface area contributed by atoms with Crippen molar-refractivity contribution in [2.24, 2.45) is 0 Å². The second kappa shape index (κ2) is 7.13. The fourth-order valence-corrected chi connectivity index (χ4v) is 4.82. The topological polar surface area (TPSA) is 47.6 Å². The first-order valence-electron chi connectivity index (χ1n) is 9.40. The maximum atomic E-state index is 12.2. The Balaban J connectivity index is 2.23. The van der Waals surface area contributed by atoms with Gasteiger partial charge in [0.1, 0.15) is 17.2 Å². The van der Waals surface area contributed by atoms with Gasteiger partial charge in [0.15, 0.2) is 9.76 Å². The van der Waals surface area contributed by atoms with Crippen LogP contribution in [0.25, 0.3) is 0 Å². The quantitative estimate of drug-likeness (QED) is 0.790. The molecule has 5 heteroatoms. The summed E-state index contributed by atoms with van der Waals surface area (Å²) in [6.45, 7) is 10.5. The van der Waals surface area contributed by atoms with E-state index in [2.05, 4.69) is 50.4 Å². The lowest BCUT2D eigenvalue weighted by Crippen LogP contribution is -2.57. The Labute approximate surface area is 164 Å². The fraction of sp³-hybridized carbons (Fsp3) is 0.409. The molecule has 1 atom stereocenters. The third kappa shape index (κ3) is 3.94. The van der Waals surface area contributed by atoms with Crippen molar-refractivity contribution >= 4 is 15.9 Å². The van der Waals surface area contributed by atoms with Crippen molar-refractivity contribution in [3.63, 3.8) is 0 Å². The number of hydrogen-bond donors (Lipinski definition) is 1. The van der Waals surface area contributed by atoms with E-state index >= 15 is 0 Å². The molecular formula is C22H29NO3Si. The van der Waals surface area contributed by atoms with E-state index < -0.39 is 27.1 Å². The molecule has 1 saturated heterocycles. The van der Waals surface area contributed by atoms with Gasteiger partial charge in [0.05, 0.1) is 0 Å². The molecule has 4 nitrogen and oxygen atoms in total. The number of rotatable bonds is 5. The van der Waals surface area contributed by atoms with Crippen LogP contribution in [-0.4, -0.2) is 27.5 Å². The molecule has 1 fully saturated rings. The third-order valence-electron chi connectivity index (χ3n) is 4.86. The monoisotopic (exact) mass is 383 g/mol. The van der Waals surface area contributed by atoms with E-state index in [9.17, 15) is 4.79 Å². The molecule has 27 heavy (non-hydrogen) atoms. The maximum Gasteiger partial charge on any atom is 0.408 e. The zero-order chi connectivity index (χ0) is 19.7. The van der Waals surface area contributed by atoms with E-state index in [4.69, 9.17) is 9.16 Å². The molecule has 1 heterocycles. The molecule has 0 radical (unpaired) electrons. The van der Waals surface area contributed by atoms with Crippen molar-refractivity contribution in [2.45, 2.75) is 56.9 Å². The maximum absolute atomic E-state index is 12.2.